The first-order valence-electron chi connectivity index (χ1n) is 6.73. The number of ether oxygens (including phenoxy) is 1. The molecule has 2 N–H and O–H groups in total. The Morgan fingerprint density at radius 3 is 2.74 bits per heavy atom. The maximum Gasteiger partial charge on any atom is 0.191 e. The van der Waals surface area contributed by atoms with E-state index in [0.29, 0.717) is 5.92 Å². The van der Waals surface area contributed by atoms with E-state index in [4.69, 9.17) is 4.74 Å². The third kappa shape index (κ3) is 6.13. The van der Waals surface area contributed by atoms with Gasteiger partial charge in [0.1, 0.15) is 5.75 Å². The molecule has 4 heteroatoms. The van der Waals surface area contributed by atoms with E-state index in [0.717, 1.165) is 31.2 Å². The first-order chi connectivity index (χ1) is 9.15. The summed E-state index contributed by atoms with van der Waals surface area (Å²) < 4.78 is 5.21. The zero-order valence-corrected chi connectivity index (χ0v) is 12.4. The van der Waals surface area contributed by atoms with Crippen molar-refractivity contribution in [1.82, 2.24) is 10.6 Å². The molecule has 0 heterocycles. The molecule has 0 bridgehead atoms. The van der Waals surface area contributed by atoms with E-state index in [2.05, 4.69) is 35.5 Å². The van der Waals surface area contributed by atoms with Gasteiger partial charge in [-0.05, 0) is 30.0 Å². The van der Waals surface area contributed by atoms with Crippen molar-refractivity contribution in [3.05, 3.63) is 29.8 Å². The third-order valence-corrected chi connectivity index (χ3v) is 2.83. The molecule has 0 aliphatic carbocycles. The monoisotopic (exact) mass is 263 g/mol. The van der Waals surface area contributed by atoms with Crippen molar-refractivity contribution in [2.45, 2.75) is 26.8 Å². The lowest BCUT2D eigenvalue weighted by molar-refractivity contribution is 0.414. The first-order valence-corrected chi connectivity index (χ1v) is 6.73. The largest absolute Gasteiger partial charge is 0.497 e. The summed E-state index contributed by atoms with van der Waals surface area (Å²) in [7, 11) is 3.47. The number of nitrogens with one attached hydrogen (secondary N) is 2. The lowest BCUT2D eigenvalue weighted by Gasteiger charge is -2.13. The van der Waals surface area contributed by atoms with Gasteiger partial charge in [-0.15, -0.1) is 0 Å². The SMILES string of the molecule is CN=C(NCCC(C)C)NCc1cccc(OC)c1. The van der Waals surface area contributed by atoms with Gasteiger partial charge in [0.2, 0.25) is 0 Å². The Balaban J connectivity index is 2.40. The summed E-state index contributed by atoms with van der Waals surface area (Å²) in [5.41, 5.74) is 1.17. The molecule has 19 heavy (non-hydrogen) atoms. The second-order valence-corrected chi connectivity index (χ2v) is 4.89. The number of aliphatic imine (C=N–C) groups is 1. The summed E-state index contributed by atoms with van der Waals surface area (Å²) in [6, 6.07) is 8.02. The second kappa shape index (κ2) is 8.40. The van der Waals surface area contributed by atoms with Gasteiger partial charge >= 0.3 is 0 Å². The zero-order chi connectivity index (χ0) is 14.1. The molecule has 0 aliphatic heterocycles. The Bertz CT molecular complexity index is 402. The zero-order valence-electron chi connectivity index (χ0n) is 12.4. The highest BCUT2D eigenvalue weighted by atomic mass is 16.5. The van der Waals surface area contributed by atoms with Gasteiger partial charge in [-0.25, -0.2) is 0 Å². The molecule has 0 fully saturated rings. The first kappa shape index (κ1) is 15.3. The Labute approximate surface area is 116 Å². The minimum atomic E-state index is 0.698. The summed E-state index contributed by atoms with van der Waals surface area (Å²) in [5.74, 6) is 2.41. The van der Waals surface area contributed by atoms with Crippen LogP contribution in [-0.2, 0) is 6.54 Å². The molecule has 0 unspecified atom stereocenters. The van der Waals surface area contributed by atoms with E-state index in [9.17, 15) is 0 Å². The van der Waals surface area contributed by atoms with Crippen LogP contribution in [-0.4, -0.2) is 26.7 Å². The van der Waals surface area contributed by atoms with Crippen molar-refractivity contribution in [2.75, 3.05) is 20.7 Å². The maximum atomic E-state index is 5.21. The van der Waals surface area contributed by atoms with Crippen molar-refractivity contribution in [2.24, 2.45) is 10.9 Å². The number of methoxy groups -OCH3 is 1. The van der Waals surface area contributed by atoms with E-state index in [-0.39, 0.29) is 0 Å². The molecular weight excluding hydrogens is 238 g/mol. The molecule has 0 amide bonds. The normalized spacial score (nSPS) is 11.5. The molecular formula is C15H25N3O. The molecule has 0 saturated carbocycles. The predicted molar refractivity (Wildman–Crippen MR) is 80.7 cm³/mol. The molecule has 1 rings (SSSR count). The van der Waals surface area contributed by atoms with Crippen molar-refractivity contribution < 1.29 is 4.74 Å². The molecule has 0 spiro atoms. The number of nitrogens with zero attached hydrogens (tertiary/aromatic N) is 1. The summed E-state index contributed by atoms with van der Waals surface area (Å²) in [4.78, 5) is 4.21. The molecule has 0 saturated heterocycles. The van der Waals surface area contributed by atoms with E-state index in [1.54, 1.807) is 14.2 Å². The van der Waals surface area contributed by atoms with Gasteiger partial charge in [0.25, 0.3) is 0 Å². The smallest absolute Gasteiger partial charge is 0.191 e. The fraction of sp³-hybridized carbons (Fsp3) is 0.533. The Morgan fingerprint density at radius 1 is 1.32 bits per heavy atom. The van der Waals surface area contributed by atoms with Crippen LogP contribution < -0.4 is 15.4 Å². The van der Waals surface area contributed by atoms with Crippen LogP contribution >= 0.6 is 0 Å². The van der Waals surface area contributed by atoms with Gasteiger partial charge in [0, 0.05) is 20.1 Å². The van der Waals surface area contributed by atoms with Crippen LogP contribution in [0.1, 0.15) is 25.8 Å². The average molecular weight is 263 g/mol. The summed E-state index contributed by atoms with van der Waals surface area (Å²) >= 11 is 0. The highest BCUT2D eigenvalue weighted by Gasteiger charge is 2.00. The van der Waals surface area contributed by atoms with Crippen LogP contribution in [0.2, 0.25) is 0 Å². The molecule has 1 aromatic carbocycles. The molecule has 0 atom stereocenters. The third-order valence-electron chi connectivity index (χ3n) is 2.83. The van der Waals surface area contributed by atoms with Gasteiger partial charge in [-0.1, -0.05) is 26.0 Å². The number of benzene rings is 1. The fourth-order valence-corrected chi connectivity index (χ4v) is 1.67. The fourth-order valence-electron chi connectivity index (χ4n) is 1.67. The van der Waals surface area contributed by atoms with Crippen LogP contribution in [0.15, 0.2) is 29.3 Å². The quantitative estimate of drug-likeness (QED) is 0.612. The predicted octanol–water partition coefficient (Wildman–Crippen LogP) is 2.41. The number of hydrogen-bond acceptors (Lipinski definition) is 2. The van der Waals surface area contributed by atoms with Gasteiger partial charge in [-0.3, -0.25) is 4.99 Å². The van der Waals surface area contributed by atoms with Crippen molar-refractivity contribution in [3.63, 3.8) is 0 Å². The minimum Gasteiger partial charge on any atom is -0.497 e. The summed E-state index contributed by atoms with van der Waals surface area (Å²) in [5, 5.41) is 6.60. The van der Waals surface area contributed by atoms with Crippen LogP contribution in [0.4, 0.5) is 0 Å². The molecule has 1 aromatic rings. The molecule has 0 radical (unpaired) electrons. The Morgan fingerprint density at radius 2 is 2.11 bits per heavy atom. The van der Waals surface area contributed by atoms with Crippen LogP contribution in [0.3, 0.4) is 0 Å². The lowest BCUT2D eigenvalue weighted by Crippen LogP contribution is -2.37. The highest BCUT2D eigenvalue weighted by molar-refractivity contribution is 5.79. The summed E-state index contributed by atoms with van der Waals surface area (Å²) in [6.07, 6.45) is 1.14. The van der Waals surface area contributed by atoms with E-state index in [1.807, 2.05) is 18.2 Å². The van der Waals surface area contributed by atoms with E-state index in [1.165, 1.54) is 5.56 Å². The minimum absolute atomic E-state index is 0.698. The van der Waals surface area contributed by atoms with Gasteiger partial charge in [0.05, 0.1) is 7.11 Å². The van der Waals surface area contributed by atoms with E-state index < -0.39 is 0 Å². The van der Waals surface area contributed by atoms with Crippen LogP contribution in [0.25, 0.3) is 0 Å². The number of guanidine groups is 1. The molecule has 0 aliphatic rings. The number of rotatable bonds is 6. The van der Waals surface area contributed by atoms with E-state index >= 15 is 0 Å². The molecule has 106 valence electrons. The van der Waals surface area contributed by atoms with Crippen LogP contribution in [0, 0.1) is 5.92 Å². The highest BCUT2D eigenvalue weighted by Crippen LogP contribution is 2.11. The average Bonchev–Trinajstić information content (AvgIpc) is 2.42. The van der Waals surface area contributed by atoms with Gasteiger partial charge < -0.3 is 15.4 Å². The Kier molecular flexibility index (Phi) is 6.79. The van der Waals surface area contributed by atoms with Crippen molar-refractivity contribution in [1.29, 1.82) is 0 Å². The molecule has 4 nitrogen and oxygen atoms in total. The molecule has 0 aromatic heterocycles. The van der Waals surface area contributed by atoms with Gasteiger partial charge in [-0.2, -0.15) is 0 Å². The maximum absolute atomic E-state index is 5.21. The lowest BCUT2D eigenvalue weighted by atomic mass is 10.1. The summed E-state index contributed by atoms with van der Waals surface area (Å²) in [6.45, 7) is 6.11. The standard InChI is InChI=1S/C15H25N3O/c1-12(2)8-9-17-15(16-3)18-11-13-6-5-7-14(10-13)19-4/h5-7,10,12H,8-9,11H2,1-4H3,(H2,16,17,18). The topological polar surface area (TPSA) is 45.7 Å². The Hall–Kier alpha value is -1.71. The second-order valence-electron chi connectivity index (χ2n) is 4.89. The van der Waals surface area contributed by atoms with Gasteiger partial charge in [0.15, 0.2) is 5.96 Å². The number of hydrogen-bond donors (Lipinski definition) is 2. The van der Waals surface area contributed by atoms with Crippen LogP contribution in [0.5, 0.6) is 5.75 Å². The van der Waals surface area contributed by atoms with Crippen molar-refractivity contribution >= 4 is 5.96 Å². The van der Waals surface area contributed by atoms with Crippen molar-refractivity contribution in [3.8, 4) is 5.75 Å².